The molecule has 0 spiro atoms. The predicted molar refractivity (Wildman–Crippen MR) is 74.8 cm³/mol. The van der Waals surface area contributed by atoms with Crippen LogP contribution in [0.4, 0.5) is 0 Å². The Bertz CT molecular complexity index is 363. The van der Waals surface area contributed by atoms with Crippen molar-refractivity contribution in [3.8, 4) is 0 Å². The number of hydrogen-bond donors (Lipinski definition) is 3. The Morgan fingerprint density at radius 1 is 1.22 bits per heavy atom. The normalized spacial score (nSPS) is 13.6. The summed E-state index contributed by atoms with van der Waals surface area (Å²) in [5.41, 5.74) is 2.61. The lowest BCUT2D eigenvalue weighted by atomic mass is 9.82. The van der Waals surface area contributed by atoms with Crippen molar-refractivity contribution in [2.24, 2.45) is 0 Å². The van der Waals surface area contributed by atoms with Crippen LogP contribution in [0, 0.1) is 6.92 Å². The first-order valence-electron chi connectivity index (χ1n) is 6.52. The van der Waals surface area contributed by atoms with Gasteiger partial charge in [0.15, 0.2) is 0 Å². The van der Waals surface area contributed by atoms with Crippen LogP contribution in [0.3, 0.4) is 0 Å². The minimum Gasteiger partial charge on any atom is -0.396 e. The molecular weight excluding hydrogens is 226 g/mol. The van der Waals surface area contributed by atoms with E-state index >= 15 is 0 Å². The molecule has 1 rings (SSSR count). The molecule has 0 aliphatic heterocycles. The largest absolute Gasteiger partial charge is 0.396 e. The molecule has 1 atom stereocenters. The topological polar surface area (TPSA) is 52.5 Å². The Morgan fingerprint density at radius 2 is 1.89 bits per heavy atom. The standard InChI is InChI=1S/C15H25NO2/c1-12-6-4-5-7-14(12)15(2,3)11-16-13(10-18)8-9-17/h4-7,13,16-18H,8-11H2,1-3H3. The second-order valence-electron chi connectivity index (χ2n) is 5.47. The van der Waals surface area contributed by atoms with Gasteiger partial charge in [0.2, 0.25) is 0 Å². The molecule has 0 aliphatic carbocycles. The summed E-state index contributed by atoms with van der Waals surface area (Å²) in [4.78, 5) is 0. The Labute approximate surface area is 110 Å². The monoisotopic (exact) mass is 251 g/mol. The molecule has 0 saturated heterocycles. The van der Waals surface area contributed by atoms with Gasteiger partial charge in [-0.3, -0.25) is 0 Å². The van der Waals surface area contributed by atoms with Gasteiger partial charge in [-0.2, -0.15) is 0 Å². The van der Waals surface area contributed by atoms with Crippen LogP contribution in [0.5, 0.6) is 0 Å². The van der Waals surface area contributed by atoms with Gasteiger partial charge in [0.1, 0.15) is 0 Å². The molecule has 0 heterocycles. The number of rotatable bonds is 7. The molecule has 1 unspecified atom stereocenters. The average molecular weight is 251 g/mol. The van der Waals surface area contributed by atoms with Crippen LogP contribution in [-0.2, 0) is 5.41 Å². The highest BCUT2D eigenvalue weighted by Crippen LogP contribution is 2.25. The van der Waals surface area contributed by atoms with Gasteiger partial charge in [0.05, 0.1) is 6.61 Å². The number of aliphatic hydroxyl groups is 2. The van der Waals surface area contributed by atoms with Crippen molar-refractivity contribution in [2.75, 3.05) is 19.8 Å². The lowest BCUT2D eigenvalue weighted by molar-refractivity contribution is 0.195. The lowest BCUT2D eigenvalue weighted by Crippen LogP contribution is -2.41. The zero-order chi connectivity index (χ0) is 13.6. The molecule has 1 aromatic rings. The highest BCUT2D eigenvalue weighted by molar-refractivity contribution is 5.32. The number of aryl methyl sites for hydroxylation is 1. The predicted octanol–water partition coefficient (Wildman–Crippen LogP) is 1.61. The Kier molecular flexibility index (Phi) is 5.79. The van der Waals surface area contributed by atoms with E-state index in [0.717, 1.165) is 6.54 Å². The van der Waals surface area contributed by atoms with Crippen molar-refractivity contribution in [3.63, 3.8) is 0 Å². The van der Waals surface area contributed by atoms with E-state index in [1.807, 2.05) is 6.07 Å². The molecule has 1 aromatic carbocycles. The first-order chi connectivity index (χ1) is 8.51. The number of hydrogen-bond acceptors (Lipinski definition) is 3. The van der Waals surface area contributed by atoms with Gasteiger partial charge in [0.25, 0.3) is 0 Å². The molecule has 18 heavy (non-hydrogen) atoms. The van der Waals surface area contributed by atoms with Gasteiger partial charge >= 0.3 is 0 Å². The third kappa shape index (κ3) is 4.09. The Hall–Kier alpha value is -0.900. The van der Waals surface area contributed by atoms with E-state index in [-0.39, 0.29) is 24.7 Å². The van der Waals surface area contributed by atoms with Crippen molar-refractivity contribution in [1.29, 1.82) is 0 Å². The molecule has 0 aliphatic rings. The van der Waals surface area contributed by atoms with Crippen molar-refractivity contribution < 1.29 is 10.2 Å². The molecule has 0 amide bonds. The van der Waals surface area contributed by atoms with Crippen molar-refractivity contribution in [1.82, 2.24) is 5.32 Å². The molecule has 3 nitrogen and oxygen atoms in total. The summed E-state index contributed by atoms with van der Waals surface area (Å²) in [5.74, 6) is 0. The highest BCUT2D eigenvalue weighted by atomic mass is 16.3. The first-order valence-corrected chi connectivity index (χ1v) is 6.52. The quantitative estimate of drug-likeness (QED) is 0.690. The van der Waals surface area contributed by atoms with Gasteiger partial charge in [-0.15, -0.1) is 0 Å². The van der Waals surface area contributed by atoms with E-state index < -0.39 is 0 Å². The van der Waals surface area contributed by atoms with Crippen LogP contribution >= 0.6 is 0 Å². The van der Waals surface area contributed by atoms with E-state index in [0.29, 0.717) is 6.42 Å². The smallest absolute Gasteiger partial charge is 0.0585 e. The van der Waals surface area contributed by atoms with Crippen LogP contribution in [-0.4, -0.2) is 36.0 Å². The fourth-order valence-electron chi connectivity index (χ4n) is 2.24. The molecule has 3 N–H and O–H groups in total. The molecule has 0 saturated carbocycles. The van der Waals surface area contributed by atoms with Gasteiger partial charge in [0, 0.05) is 24.6 Å². The zero-order valence-corrected chi connectivity index (χ0v) is 11.6. The summed E-state index contributed by atoms with van der Waals surface area (Å²) >= 11 is 0. The van der Waals surface area contributed by atoms with Crippen LogP contribution in [0.2, 0.25) is 0 Å². The zero-order valence-electron chi connectivity index (χ0n) is 11.6. The van der Waals surface area contributed by atoms with Gasteiger partial charge in [-0.25, -0.2) is 0 Å². The second kappa shape index (κ2) is 6.88. The average Bonchev–Trinajstić information content (AvgIpc) is 2.34. The molecule has 102 valence electrons. The summed E-state index contributed by atoms with van der Waals surface area (Å²) in [7, 11) is 0. The van der Waals surface area contributed by atoms with Crippen molar-refractivity contribution in [2.45, 2.75) is 38.6 Å². The second-order valence-corrected chi connectivity index (χ2v) is 5.47. The van der Waals surface area contributed by atoms with Crippen LogP contribution in [0.15, 0.2) is 24.3 Å². The van der Waals surface area contributed by atoms with Crippen LogP contribution < -0.4 is 5.32 Å². The van der Waals surface area contributed by atoms with E-state index in [1.165, 1.54) is 11.1 Å². The maximum Gasteiger partial charge on any atom is 0.0585 e. The summed E-state index contributed by atoms with van der Waals surface area (Å²) in [6, 6.07) is 8.34. The first kappa shape index (κ1) is 15.2. The van der Waals surface area contributed by atoms with Crippen molar-refractivity contribution >= 4 is 0 Å². The van der Waals surface area contributed by atoms with Gasteiger partial charge in [-0.05, 0) is 24.5 Å². The summed E-state index contributed by atoms with van der Waals surface area (Å²) in [5, 5.41) is 21.4. The summed E-state index contributed by atoms with van der Waals surface area (Å²) in [6.45, 7) is 7.44. The third-order valence-corrected chi connectivity index (χ3v) is 3.40. The number of aliphatic hydroxyl groups excluding tert-OH is 2. The maximum atomic E-state index is 9.21. The summed E-state index contributed by atoms with van der Waals surface area (Å²) < 4.78 is 0. The molecule has 0 aromatic heterocycles. The molecular formula is C15H25NO2. The van der Waals surface area contributed by atoms with Crippen LogP contribution in [0.1, 0.15) is 31.4 Å². The summed E-state index contributed by atoms with van der Waals surface area (Å²) in [6.07, 6.45) is 0.584. The van der Waals surface area contributed by atoms with Gasteiger partial charge < -0.3 is 15.5 Å². The molecule has 3 heteroatoms. The fourth-order valence-corrected chi connectivity index (χ4v) is 2.24. The van der Waals surface area contributed by atoms with E-state index in [9.17, 15) is 5.11 Å². The minimum atomic E-state index is -0.0294. The Morgan fingerprint density at radius 3 is 2.44 bits per heavy atom. The highest BCUT2D eigenvalue weighted by Gasteiger charge is 2.23. The minimum absolute atomic E-state index is 0.00815. The molecule has 0 radical (unpaired) electrons. The van der Waals surface area contributed by atoms with Gasteiger partial charge in [-0.1, -0.05) is 38.1 Å². The van der Waals surface area contributed by atoms with E-state index in [1.54, 1.807) is 0 Å². The van der Waals surface area contributed by atoms with E-state index in [2.05, 4.69) is 44.3 Å². The van der Waals surface area contributed by atoms with Crippen LogP contribution in [0.25, 0.3) is 0 Å². The molecule has 0 bridgehead atoms. The maximum absolute atomic E-state index is 9.21. The lowest BCUT2D eigenvalue weighted by Gasteiger charge is -2.29. The van der Waals surface area contributed by atoms with E-state index in [4.69, 9.17) is 5.11 Å². The fraction of sp³-hybridized carbons (Fsp3) is 0.600. The van der Waals surface area contributed by atoms with Crippen molar-refractivity contribution in [3.05, 3.63) is 35.4 Å². The number of benzene rings is 1. The Balaban J connectivity index is 2.67. The number of nitrogens with one attached hydrogen (secondary N) is 1. The molecule has 0 fully saturated rings. The third-order valence-electron chi connectivity index (χ3n) is 3.40. The SMILES string of the molecule is Cc1ccccc1C(C)(C)CNC(CO)CCO.